The Labute approximate surface area is 91.5 Å². The Hall–Kier alpha value is -1.49. The molecule has 0 N–H and O–H groups in total. The summed E-state index contributed by atoms with van der Waals surface area (Å²) in [6, 6.07) is 8.24. The summed E-state index contributed by atoms with van der Waals surface area (Å²) >= 11 is 0. The van der Waals surface area contributed by atoms with E-state index in [1.165, 1.54) is 5.56 Å². The molecule has 0 spiro atoms. The van der Waals surface area contributed by atoms with Crippen molar-refractivity contribution in [1.29, 1.82) is 5.26 Å². The van der Waals surface area contributed by atoms with Crippen molar-refractivity contribution in [1.82, 2.24) is 0 Å². The SMILES string of the molecule is Cc1ccc(C)c(OC(C)(C)CC#N)c1. The molecule has 0 aliphatic rings. The molecule has 15 heavy (non-hydrogen) atoms. The van der Waals surface area contributed by atoms with Crippen LogP contribution in [0.15, 0.2) is 18.2 Å². The Morgan fingerprint density at radius 3 is 2.60 bits per heavy atom. The first-order valence-corrected chi connectivity index (χ1v) is 5.08. The lowest BCUT2D eigenvalue weighted by Crippen LogP contribution is -2.27. The summed E-state index contributed by atoms with van der Waals surface area (Å²) in [6.07, 6.45) is 0.389. The zero-order valence-electron chi connectivity index (χ0n) is 9.79. The van der Waals surface area contributed by atoms with Gasteiger partial charge in [-0.15, -0.1) is 0 Å². The summed E-state index contributed by atoms with van der Waals surface area (Å²) in [7, 11) is 0. The van der Waals surface area contributed by atoms with Crippen LogP contribution in [0.25, 0.3) is 0 Å². The maximum Gasteiger partial charge on any atom is 0.123 e. The van der Waals surface area contributed by atoms with Crippen molar-refractivity contribution >= 4 is 0 Å². The molecule has 2 heteroatoms. The molecule has 0 aromatic heterocycles. The molecule has 0 unspecified atom stereocenters. The number of nitrogens with zero attached hydrogens (tertiary/aromatic N) is 1. The van der Waals surface area contributed by atoms with Crippen molar-refractivity contribution in [2.24, 2.45) is 0 Å². The lowest BCUT2D eigenvalue weighted by Gasteiger charge is -2.25. The van der Waals surface area contributed by atoms with E-state index in [9.17, 15) is 0 Å². The molecule has 0 amide bonds. The zero-order valence-corrected chi connectivity index (χ0v) is 9.79. The van der Waals surface area contributed by atoms with Crippen LogP contribution >= 0.6 is 0 Å². The topological polar surface area (TPSA) is 33.0 Å². The fraction of sp³-hybridized carbons (Fsp3) is 0.462. The highest BCUT2D eigenvalue weighted by molar-refractivity contribution is 5.36. The quantitative estimate of drug-likeness (QED) is 0.754. The second-order valence-electron chi connectivity index (χ2n) is 4.47. The largest absolute Gasteiger partial charge is 0.487 e. The molecule has 1 rings (SSSR count). The van der Waals surface area contributed by atoms with E-state index in [4.69, 9.17) is 10.00 Å². The summed E-state index contributed by atoms with van der Waals surface area (Å²) in [5, 5.41) is 8.67. The Bertz CT molecular complexity index is 388. The van der Waals surface area contributed by atoms with E-state index in [2.05, 4.69) is 12.1 Å². The molecule has 2 nitrogen and oxygen atoms in total. The minimum atomic E-state index is -0.423. The van der Waals surface area contributed by atoms with E-state index in [-0.39, 0.29) is 0 Å². The number of nitriles is 1. The van der Waals surface area contributed by atoms with Gasteiger partial charge in [0.15, 0.2) is 0 Å². The van der Waals surface area contributed by atoms with Gasteiger partial charge in [-0.2, -0.15) is 5.26 Å². The molecule has 0 saturated carbocycles. The third kappa shape index (κ3) is 3.28. The van der Waals surface area contributed by atoms with Gasteiger partial charge in [0.05, 0.1) is 12.5 Å². The van der Waals surface area contributed by atoms with Gasteiger partial charge in [0.25, 0.3) is 0 Å². The first kappa shape index (κ1) is 11.6. The van der Waals surface area contributed by atoms with Gasteiger partial charge in [-0.3, -0.25) is 0 Å². The van der Waals surface area contributed by atoms with Crippen molar-refractivity contribution in [3.05, 3.63) is 29.3 Å². The molecule has 0 heterocycles. The Kier molecular flexibility index (Phi) is 3.36. The highest BCUT2D eigenvalue weighted by Crippen LogP contribution is 2.25. The minimum Gasteiger partial charge on any atom is -0.487 e. The van der Waals surface area contributed by atoms with Gasteiger partial charge in [0, 0.05) is 0 Å². The van der Waals surface area contributed by atoms with Gasteiger partial charge in [-0.05, 0) is 44.9 Å². The van der Waals surface area contributed by atoms with E-state index in [1.54, 1.807) is 0 Å². The van der Waals surface area contributed by atoms with Crippen molar-refractivity contribution in [2.75, 3.05) is 0 Å². The molecule has 80 valence electrons. The monoisotopic (exact) mass is 203 g/mol. The molecule has 0 radical (unpaired) electrons. The van der Waals surface area contributed by atoms with Crippen LogP contribution in [0.3, 0.4) is 0 Å². The number of benzene rings is 1. The normalized spacial score (nSPS) is 10.9. The predicted octanol–water partition coefficient (Wildman–Crippen LogP) is 3.37. The maximum absolute atomic E-state index is 8.67. The number of hydrogen-bond acceptors (Lipinski definition) is 2. The average Bonchev–Trinajstić information content (AvgIpc) is 2.10. The summed E-state index contributed by atoms with van der Waals surface area (Å²) < 4.78 is 5.83. The maximum atomic E-state index is 8.67. The van der Waals surface area contributed by atoms with Gasteiger partial charge in [0.1, 0.15) is 11.4 Å². The molecule has 1 aromatic rings. The third-order valence-electron chi connectivity index (χ3n) is 2.23. The lowest BCUT2D eigenvalue weighted by atomic mass is 10.1. The van der Waals surface area contributed by atoms with E-state index in [0.717, 1.165) is 11.3 Å². The van der Waals surface area contributed by atoms with Crippen molar-refractivity contribution < 1.29 is 4.74 Å². The summed E-state index contributed by atoms with van der Waals surface area (Å²) in [4.78, 5) is 0. The second-order valence-corrected chi connectivity index (χ2v) is 4.47. The van der Waals surface area contributed by atoms with Crippen LogP contribution in [0, 0.1) is 25.2 Å². The molecule has 0 saturated heterocycles. The first-order valence-electron chi connectivity index (χ1n) is 5.08. The number of ether oxygens (including phenoxy) is 1. The Morgan fingerprint density at radius 1 is 1.33 bits per heavy atom. The van der Waals surface area contributed by atoms with Crippen LogP contribution in [0.4, 0.5) is 0 Å². The molecule has 0 aliphatic carbocycles. The van der Waals surface area contributed by atoms with Gasteiger partial charge in [-0.1, -0.05) is 12.1 Å². The van der Waals surface area contributed by atoms with Crippen molar-refractivity contribution in [3.8, 4) is 11.8 Å². The molecular formula is C13H17NO. The highest BCUT2D eigenvalue weighted by atomic mass is 16.5. The van der Waals surface area contributed by atoms with E-state index >= 15 is 0 Å². The van der Waals surface area contributed by atoms with Crippen LogP contribution in [-0.4, -0.2) is 5.60 Å². The Balaban J connectivity index is 2.89. The summed E-state index contributed by atoms with van der Waals surface area (Å²) in [5.41, 5.74) is 1.85. The lowest BCUT2D eigenvalue weighted by molar-refractivity contribution is 0.114. The molecule has 0 atom stereocenters. The molecular weight excluding hydrogens is 186 g/mol. The number of hydrogen-bond donors (Lipinski definition) is 0. The number of rotatable bonds is 3. The van der Waals surface area contributed by atoms with E-state index in [0.29, 0.717) is 6.42 Å². The smallest absolute Gasteiger partial charge is 0.123 e. The zero-order chi connectivity index (χ0) is 11.5. The van der Waals surface area contributed by atoms with Gasteiger partial charge >= 0.3 is 0 Å². The van der Waals surface area contributed by atoms with E-state index in [1.807, 2.05) is 39.8 Å². The molecule has 0 fully saturated rings. The van der Waals surface area contributed by atoms with E-state index < -0.39 is 5.60 Å². The molecule has 1 aromatic carbocycles. The van der Waals surface area contributed by atoms with Gasteiger partial charge in [0.2, 0.25) is 0 Å². The van der Waals surface area contributed by atoms with Gasteiger partial charge < -0.3 is 4.74 Å². The van der Waals surface area contributed by atoms with Crippen molar-refractivity contribution in [3.63, 3.8) is 0 Å². The summed E-state index contributed by atoms with van der Waals surface area (Å²) in [6.45, 7) is 7.90. The van der Waals surface area contributed by atoms with Crippen molar-refractivity contribution in [2.45, 2.75) is 39.7 Å². The standard InChI is InChI=1S/C13H17NO/c1-10-5-6-11(2)12(9-10)15-13(3,4)7-8-14/h5-6,9H,7H2,1-4H3. The third-order valence-corrected chi connectivity index (χ3v) is 2.23. The fourth-order valence-corrected chi connectivity index (χ4v) is 1.34. The van der Waals surface area contributed by atoms with Gasteiger partial charge in [-0.25, -0.2) is 0 Å². The minimum absolute atomic E-state index is 0.389. The van der Waals surface area contributed by atoms with Crippen LogP contribution in [0.2, 0.25) is 0 Å². The second kappa shape index (κ2) is 4.35. The fourth-order valence-electron chi connectivity index (χ4n) is 1.34. The highest BCUT2D eigenvalue weighted by Gasteiger charge is 2.20. The first-order chi connectivity index (χ1) is 6.94. The molecule has 0 bridgehead atoms. The number of aryl methyl sites for hydroxylation is 2. The van der Waals surface area contributed by atoms with Crippen LogP contribution < -0.4 is 4.74 Å². The predicted molar refractivity (Wildman–Crippen MR) is 60.9 cm³/mol. The molecule has 0 aliphatic heterocycles. The van der Waals surface area contributed by atoms with Crippen LogP contribution in [0.5, 0.6) is 5.75 Å². The van der Waals surface area contributed by atoms with Crippen LogP contribution in [0.1, 0.15) is 31.4 Å². The summed E-state index contributed by atoms with van der Waals surface area (Å²) in [5.74, 6) is 0.871. The van der Waals surface area contributed by atoms with Crippen LogP contribution in [-0.2, 0) is 0 Å². The average molecular weight is 203 g/mol. The Morgan fingerprint density at radius 2 is 2.00 bits per heavy atom.